The van der Waals surface area contributed by atoms with Crippen molar-refractivity contribution in [3.63, 3.8) is 0 Å². The number of nitrogens with one attached hydrogen (secondary N) is 1. The molecule has 1 N–H and O–H groups in total. The Morgan fingerprint density at radius 3 is 3.06 bits per heavy atom. The molecule has 0 amide bonds. The van der Waals surface area contributed by atoms with Crippen LogP contribution in [0.15, 0.2) is 22.7 Å². The monoisotopic (exact) mass is 287 g/mol. The Labute approximate surface area is 103 Å². The van der Waals surface area contributed by atoms with Crippen molar-refractivity contribution in [3.8, 4) is 0 Å². The Hall–Kier alpha value is -0.450. The molecule has 1 saturated heterocycles. The van der Waals surface area contributed by atoms with Crippen LogP contribution in [0, 0.1) is 5.82 Å². The highest BCUT2D eigenvalue weighted by molar-refractivity contribution is 9.10. The van der Waals surface area contributed by atoms with Crippen LogP contribution in [0.2, 0.25) is 0 Å². The lowest BCUT2D eigenvalue weighted by Crippen LogP contribution is -2.34. The molecule has 0 bridgehead atoms. The summed E-state index contributed by atoms with van der Waals surface area (Å²) < 4.78 is 19.8. The average Bonchev–Trinajstić information content (AvgIpc) is 2.66. The molecule has 2 unspecified atom stereocenters. The second-order valence-corrected chi connectivity index (χ2v) is 5.00. The number of benzene rings is 1. The molecule has 1 fully saturated rings. The lowest BCUT2D eigenvalue weighted by Gasteiger charge is -2.16. The van der Waals surface area contributed by atoms with Crippen molar-refractivity contribution in [1.29, 1.82) is 0 Å². The largest absolute Gasteiger partial charge is 0.377 e. The predicted molar refractivity (Wildman–Crippen MR) is 64.8 cm³/mol. The Kier molecular flexibility index (Phi) is 3.95. The molecular weight excluding hydrogens is 273 g/mol. The summed E-state index contributed by atoms with van der Waals surface area (Å²) in [5.41, 5.74) is 0.688. The lowest BCUT2D eigenvalue weighted by molar-refractivity contribution is 0.113. The molecule has 0 aromatic heterocycles. The molecule has 16 heavy (non-hydrogen) atoms. The van der Waals surface area contributed by atoms with Gasteiger partial charge in [-0.1, -0.05) is 15.9 Å². The van der Waals surface area contributed by atoms with E-state index in [0.29, 0.717) is 18.2 Å². The van der Waals surface area contributed by atoms with E-state index in [0.717, 1.165) is 17.5 Å². The van der Waals surface area contributed by atoms with Gasteiger partial charge in [-0.2, -0.15) is 0 Å². The van der Waals surface area contributed by atoms with Crippen LogP contribution >= 0.6 is 15.9 Å². The van der Waals surface area contributed by atoms with Crippen molar-refractivity contribution in [2.45, 2.75) is 32.0 Å². The maximum atomic E-state index is 13.4. The third kappa shape index (κ3) is 2.81. The number of hydrogen-bond acceptors (Lipinski definition) is 2. The molecule has 0 spiro atoms. The lowest BCUT2D eigenvalue weighted by atomic mass is 10.1. The van der Waals surface area contributed by atoms with Crippen LogP contribution in [0.4, 0.5) is 4.39 Å². The van der Waals surface area contributed by atoms with Crippen LogP contribution in [0.25, 0.3) is 0 Å². The number of halogens is 2. The normalized spacial score (nSPS) is 24.9. The first kappa shape index (κ1) is 12.0. The zero-order valence-corrected chi connectivity index (χ0v) is 10.8. The highest BCUT2D eigenvalue weighted by Crippen LogP contribution is 2.17. The first-order valence-corrected chi connectivity index (χ1v) is 6.25. The first-order chi connectivity index (χ1) is 7.66. The Morgan fingerprint density at radius 2 is 2.38 bits per heavy atom. The number of rotatable bonds is 3. The average molecular weight is 288 g/mol. The maximum Gasteiger partial charge on any atom is 0.127 e. The Bertz CT molecular complexity index is 372. The van der Waals surface area contributed by atoms with Gasteiger partial charge in [0.1, 0.15) is 5.82 Å². The van der Waals surface area contributed by atoms with E-state index in [2.05, 4.69) is 21.2 Å². The van der Waals surface area contributed by atoms with Crippen LogP contribution in [0.1, 0.15) is 18.9 Å². The second-order valence-electron chi connectivity index (χ2n) is 4.09. The van der Waals surface area contributed by atoms with E-state index in [4.69, 9.17) is 4.74 Å². The molecule has 1 aliphatic heterocycles. The second kappa shape index (κ2) is 5.25. The maximum absolute atomic E-state index is 13.4. The molecule has 4 heteroatoms. The summed E-state index contributed by atoms with van der Waals surface area (Å²) in [6.45, 7) is 3.38. The SMILES string of the molecule is CC1OCCC1NCc1cc(Br)ccc1F. The van der Waals surface area contributed by atoms with Crippen molar-refractivity contribution in [1.82, 2.24) is 5.32 Å². The summed E-state index contributed by atoms with van der Waals surface area (Å²) in [7, 11) is 0. The Balaban J connectivity index is 1.96. The van der Waals surface area contributed by atoms with Crippen LogP contribution < -0.4 is 5.32 Å². The van der Waals surface area contributed by atoms with Gasteiger partial charge in [-0.3, -0.25) is 0 Å². The van der Waals surface area contributed by atoms with E-state index in [1.165, 1.54) is 6.07 Å². The minimum absolute atomic E-state index is 0.165. The molecule has 2 nitrogen and oxygen atoms in total. The van der Waals surface area contributed by atoms with Crippen LogP contribution in [-0.2, 0) is 11.3 Å². The summed E-state index contributed by atoms with van der Waals surface area (Å²) in [4.78, 5) is 0. The smallest absolute Gasteiger partial charge is 0.127 e. The molecule has 2 atom stereocenters. The van der Waals surface area contributed by atoms with E-state index in [9.17, 15) is 4.39 Å². The topological polar surface area (TPSA) is 21.3 Å². The van der Waals surface area contributed by atoms with Gasteiger partial charge in [0.2, 0.25) is 0 Å². The first-order valence-electron chi connectivity index (χ1n) is 5.46. The molecule has 88 valence electrons. The molecule has 1 aromatic rings. The molecular formula is C12H15BrFNO. The van der Waals surface area contributed by atoms with Crippen molar-refractivity contribution in [2.75, 3.05) is 6.61 Å². The van der Waals surface area contributed by atoms with E-state index < -0.39 is 0 Å². The standard InChI is InChI=1S/C12H15BrFNO/c1-8-12(4-5-16-8)15-7-9-6-10(13)2-3-11(9)14/h2-3,6,8,12,15H,4-5,7H2,1H3. The van der Waals surface area contributed by atoms with Gasteiger partial charge in [0.15, 0.2) is 0 Å². The van der Waals surface area contributed by atoms with Gasteiger partial charge in [-0.15, -0.1) is 0 Å². The van der Waals surface area contributed by atoms with Gasteiger partial charge in [0.25, 0.3) is 0 Å². The molecule has 1 aliphatic rings. The summed E-state index contributed by atoms with van der Waals surface area (Å²) in [6.07, 6.45) is 1.21. The van der Waals surface area contributed by atoms with Crippen molar-refractivity contribution in [3.05, 3.63) is 34.1 Å². The molecule has 1 heterocycles. The van der Waals surface area contributed by atoms with Gasteiger partial charge < -0.3 is 10.1 Å². The van der Waals surface area contributed by atoms with E-state index >= 15 is 0 Å². The molecule has 0 radical (unpaired) electrons. The predicted octanol–water partition coefficient (Wildman–Crippen LogP) is 2.86. The van der Waals surface area contributed by atoms with Gasteiger partial charge in [0, 0.05) is 29.2 Å². The third-order valence-electron chi connectivity index (χ3n) is 2.94. The molecule has 0 aliphatic carbocycles. The number of ether oxygens (including phenoxy) is 1. The van der Waals surface area contributed by atoms with E-state index in [1.807, 2.05) is 13.0 Å². The minimum atomic E-state index is -0.165. The van der Waals surface area contributed by atoms with Gasteiger partial charge in [-0.25, -0.2) is 4.39 Å². The third-order valence-corrected chi connectivity index (χ3v) is 3.43. The zero-order valence-electron chi connectivity index (χ0n) is 9.17. The molecule has 2 rings (SSSR count). The highest BCUT2D eigenvalue weighted by Gasteiger charge is 2.23. The highest BCUT2D eigenvalue weighted by atomic mass is 79.9. The van der Waals surface area contributed by atoms with Gasteiger partial charge in [0.05, 0.1) is 6.10 Å². The van der Waals surface area contributed by atoms with E-state index in [-0.39, 0.29) is 11.9 Å². The fraction of sp³-hybridized carbons (Fsp3) is 0.500. The van der Waals surface area contributed by atoms with Gasteiger partial charge >= 0.3 is 0 Å². The number of hydrogen-bond donors (Lipinski definition) is 1. The minimum Gasteiger partial charge on any atom is -0.377 e. The summed E-state index contributed by atoms with van der Waals surface area (Å²) >= 11 is 3.34. The summed E-state index contributed by atoms with van der Waals surface area (Å²) in [5, 5.41) is 3.33. The summed E-state index contributed by atoms with van der Waals surface area (Å²) in [5.74, 6) is -0.165. The fourth-order valence-corrected chi connectivity index (χ4v) is 2.33. The molecule has 0 saturated carbocycles. The quantitative estimate of drug-likeness (QED) is 0.923. The molecule has 1 aromatic carbocycles. The fourth-order valence-electron chi connectivity index (χ4n) is 1.92. The van der Waals surface area contributed by atoms with Gasteiger partial charge in [-0.05, 0) is 31.5 Å². The van der Waals surface area contributed by atoms with Crippen LogP contribution in [-0.4, -0.2) is 18.8 Å². The van der Waals surface area contributed by atoms with E-state index in [1.54, 1.807) is 6.07 Å². The van der Waals surface area contributed by atoms with Crippen LogP contribution in [0.3, 0.4) is 0 Å². The van der Waals surface area contributed by atoms with Crippen LogP contribution in [0.5, 0.6) is 0 Å². The zero-order chi connectivity index (χ0) is 11.5. The van der Waals surface area contributed by atoms with Crippen molar-refractivity contribution in [2.24, 2.45) is 0 Å². The van der Waals surface area contributed by atoms with Crippen molar-refractivity contribution < 1.29 is 9.13 Å². The van der Waals surface area contributed by atoms with Crippen molar-refractivity contribution >= 4 is 15.9 Å². The Morgan fingerprint density at radius 1 is 1.56 bits per heavy atom. The summed E-state index contributed by atoms with van der Waals surface area (Å²) in [6, 6.07) is 5.33.